The van der Waals surface area contributed by atoms with Gasteiger partial charge < -0.3 is 34.1 Å². The van der Waals surface area contributed by atoms with Crippen molar-refractivity contribution in [3.63, 3.8) is 0 Å². The fourth-order valence-electron chi connectivity index (χ4n) is 7.76. The first-order valence-corrected chi connectivity index (χ1v) is 17.8. The van der Waals surface area contributed by atoms with Gasteiger partial charge in [0.1, 0.15) is 17.4 Å². The van der Waals surface area contributed by atoms with Crippen LogP contribution in [0.1, 0.15) is 60.4 Å². The van der Waals surface area contributed by atoms with Crippen LogP contribution in [-0.2, 0) is 23.7 Å². The van der Waals surface area contributed by atoms with Crippen molar-refractivity contribution in [1.29, 1.82) is 0 Å². The Kier molecular flexibility index (Phi) is 14.9. The molecule has 3 saturated heterocycles. The second kappa shape index (κ2) is 18.7. The normalized spacial score (nSPS) is 22.9. The van der Waals surface area contributed by atoms with Gasteiger partial charge in [-0.05, 0) is 44.9 Å². The number of nitrogens with zero attached hydrogens (tertiary/aromatic N) is 3. The highest BCUT2D eigenvalue weighted by atomic mass is 35.5. The Labute approximate surface area is 331 Å². The zero-order chi connectivity index (χ0) is 36.2. The molecular weight excluding hydrogens is 770 g/mol. The summed E-state index contributed by atoms with van der Waals surface area (Å²) in [5, 5.41) is 3.44. The molecule has 288 valence electrons. The van der Waals surface area contributed by atoms with E-state index < -0.39 is 18.2 Å². The number of carbonyl (C=O) groups excluding carboxylic acids is 4. The van der Waals surface area contributed by atoms with Gasteiger partial charge in [-0.25, -0.2) is 9.59 Å². The summed E-state index contributed by atoms with van der Waals surface area (Å²) in [5.74, 6) is -2.06. The van der Waals surface area contributed by atoms with E-state index in [9.17, 15) is 19.2 Å². The van der Waals surface area contributed by atoms with Crippen LogP contribution >= 0.6 is 48.0 Å². The van der Waals surface area contributed by atoms with Crippen molar-refractivity contribution in [3.05, 3.63) is 92.6 Å². The number of amides is 1. The van der Waals surface area contributed by atoms with Crippen LogP contribution in [-0.4, -0.2) is 104 Å². The Bertz CT molecular complexity index is 1700. The van der Waals surface area contributed by atoms with E-state index >= 15 is 0 Å². The van der Waals surface area contributed by atoms with Crippen molar-refractivity contribution < 1.29 is 38.1 Å². The first-order valence-electron chi connectivity index (χ1n) is 17.1. The lowest BCUT2D eigenvalue weighted by Crippen LogP contribution is -2.56. The highest BCUT2D eigenvalue weighted by Crippen LogP contribution is 2.46. The maximum Gasteiger partial charge on any atom is 0.513 e. The molecule has 3 atom stereocenters. The molecule has 1 amide bonds. The molecule has 2 aromatic rings. The summed E-state index contributed by atoms with van der Waals surface area (Å²) in [7, 11) is 4.50. The summed E-state index contributed by atoms with van der Waals surface area (Å²) in [6, 6.07) is 15.1. The number of hydrogen-bond acceptors (Lipinski definition) is 11. The summed E-state index contributed by atoms with van der Waals surface area (Å²) in [5.41, 5.74) is 0.923. The van der Waals surface area contributed by atoms with Crippen molar-refractivity contribution in [3.8, 4) is 0 Å². The van der Waals surface area contributed by atoms with Crippen LogP contribution in [0.15, 0.2) is 71.4 Å². The fraction of sp³-hybridized carbons (Fsp3) is 0.459. The number of ketones is 1. The molecule has 3 unspecified atom stereocenters. The van der Waals surface area contributed by atoms with Crippen molar-refractivity contribution >= 4 is 72.0 Å². The van der Waals surface area contributed by atoms with Crippen LogP contribution in [0.25, 0.3) is 0 Å². The molecule has 0 radical (unpaired) electrons. The standard InChI is InChI=1S/C37H42Cl2N4O8.2ClH/c1-41-23-12-13-24(41)19-25(18-23)42-14-16-43(17-15-42)31(45)21-29-35(51-37(47)49-3)33(32-26(38)10-7-11-27(32)39)34(50-36(46)48-2)28(40-29)20-30(44)22-8-5-4-6-9-22;;/h4-11,23-25,33,40H,12-21H2,1-3H3;2*1H. The highest BCUT2D eigenvalue weighted by Gasteiger charge is 2.43. The summed E-state index contributed by atoms with van der Waals surface area (Å²) >= 11 is 13.4. The van der Waals surface area contributed by atoms with Crippen molar-refractivity contribution in [1.82, 2.24) is 20.0 Å². The van der Waals surface area contributed by atoms with Gasteiger partial charge in [0.05, 0.1) is 38.5 Å². The Morgan fingerprint density at radius 2 is 1.26 bits per heavy atom. The van der Waals surface area contributed by atoms with Gasteiger partial charge in [0.15, 0.2) is 5.78 Å². The van der Waals surface area contributed by atoms with E-state index in [1.807, 2.05) is 0 Å². The van der Waals surface area contributed by atoms with Crippen LogP contribution in [0.2, 0.25) is 10.0 Å². The number of carbonyl (C=O) groups is 4. The zero-order valence-corrected chi connectivity index (χ0v) is 32.8. The summed E-state index contributed by atoms with van der Waals surface area (Å²) in [6.07, 6.45) is 2.06. The zero-order valence-electron chi connectivity index (χ0n) is 29.7. The average Bonchev–Trinajstić information content (AvgIpc) is 3.32. The highest BCUT2D eigenvalue weighted by molar-refractivity contribution is 6.36. The predicted octanol–water partition coefficient (Wildman–Crippen LogP) is 6.95. The van der Waals surface area contributed by atoms with Gasteiger partial charge in [-0.1, -0.05) is 59.6 Å². The maximum atomic E-state index is 14.1. The summed E-state index contributed by atoms with van der Waals surface area (Å²) in [4.78, 5) is 59.9. The third kappa shape index (κ3) is 9.41. The Morgan fingerprint density at radius 1 is 0.736 bits per heavy atom. The third-order valence-corrected chi connectivity index (χ3v) is 11.1. The minimum Gasteiger partial charge on any atom is -0.437 e. The van der Waals surface area contributed by atoms with E-state index in [1.54, 1.807) is 53.4 Å². The maximum absolute atomic E-state index is 14.1. The third-order valence-electron chi connectivity index (χ3n) is 10.4. The molecule has 2 bridgehead atoms. The molecule has 0 saturated carbocycles. The van der Waals surface area contributed by atoms with Crippen LogP contribution in [0.5, 0.6) is 0 Å². The molecule has 0 spiro atoms. The average molecular weight is 815 g/mol. The molecule has 3 fully saturated rings. The number of benzene rings is 2. The number of halogens is 4. The molecule has 4 heterocycles. The molecule has 2 aromatic carbocycles. The predicted molar refractivity (Wildman–Crippen MR) is 204 cm³/mol. The molecule has 16 heteroatoms. The van der Waals surface area contributed by atoms with Crippen molar-refractivity contribution in [2.75, 3.05) is 47.4 Å². The molecule has 1 N–H and O–H groups in total. The molecule has 53 heavy (non-hydrogen) atoms. The lowest BCUT2D eigenvalue weighted by Gasteiger charge is -2.45. The number of dihydropyridines is 1. The first-order chi connectivity index (χ1) is 24.6. The SMILES string of the molecule is COC(=O)OC1=C(CC(=O)c2ccccc2)NC(CC(=O)N2CCN(C3CC4CCC(C3)N4C)CC2)=C(OC(=O)OC)C1c1c(Cl)cccc1Cl.Cl.Cl. The number of ether oxygens (including phenoxy) is 4. The number of piperidine rings is 1. The van der Waals surface area contributed by atoms with Crippen LogP contribution in [0.3, 0.4) is 0 Å². The Hall–Kier alpha value is -3.52. The number of piperazine rings is 1. The largest absolute Gasteiger partial charge is 0.513 e. The van der Waals surface area contributed by atoms with Gasteiger partial charge in [-0.2, -0.15) is 0 Å². The number of hydrogen-bond donors (Lipinski definition) is 1. The molecule has 4 aliphatic rings. The van der Waals surface area contributed by atoms with Gasteiger partial charge in [0.25, 0.3) is 0 Å². The first kappa shape index (κ1) is 42.2. The van der Waals surface area contributed by atoms with Crippen LogP contribution < -0.4 is 5.32 Å². The van der Waals surface area contributed by atoms with Gasteiger partial charge in [0.2, 0.25) is 5.91 Å². The second-order valence-electron chi connectivity index (χ2n) is 13.2. The quantitative estimate of drug-likeness (QED) is 0.209. The minimum atomic E-state index is -1.26. The molecule has 4 aliphatic heterocycles. The molecule has 0 aliphatic carbocycles. The van der Waals surface area contributed by atoms with E-state index in [0.717, 1.165) is 40.2 Å². The number of allylic oxidation sites excluding steroid dienone is 1. The van der Waals surface area contributed by atoms with Gasteiger partial charge in [-0.15, -0.1) is 24.8 Å². The van der Waals surface area contributed by atoms with Gasteiger partial charge >= 0.3 is 12.3 Å². The van der Waals surface area contributed by atoms with E-state index in [1.165, 1.54) is 12.8 Å². The van der Waals surface area contributed by atoms with Gasteiger partial charge in [0, 0.05) is 65.5 Å². The van der Waals surface area contributed by atoms with E-state index in [2.05, 4.69) is 22.2 Å². The Balaban J connectivity index is 0.00000314. The van der Waals surface area contributed by atoms with Gasteiger partial charge in [-0.3, -0.25) is 14.5 Å². The topological polar surface area (TPSA) is 127 Å². The van der Waals surface area contributed by atoms with Crippen LogP contribution in [0, 0.1) is 0 Å². The van der Waals surface area contributed by atoms with Crippen LogP contribution in [0.4, 0.5) is 9.59 Å². The second-order valence-corrected chi connectivity index (χ2v) is 14.0. The number of nitrogens with one attached hydrogen (secondary N) is 1. The summed E-state index contributed by atoms with van der Waals surface area (Å²) in [6.45, 7) is 2.58. The van der Waals surface area contributed by atoms with E-state index in [-0.39, 0.29) is 87.9 Å². The minimum absolute atomic E-state index is 0. The Morgan fingerprint density at radius 3 is 1.79 bits per heavy atom. The van der Waals surface area contributed by atoms with Crippen molar-refractivity contribution in [2.45, 2.75) is 62.6 Å². The smallest absolute Gasteiger partial charge is 0.437 e. The lowest BCUT2D eigenvalue weighted by atomic mass is 9.87. The number of methoxy groups -OCH3 is 2. The van der Waals surface area contributed by atoms with Crippen molar-refractivity contribution in [2.24, 2.45) is 0 Å². The summed E-state index contributed by atoms with van der Waals surface area (Å²) < 4.78 is 21.1. The van der Waals surface area contributed by atoms with E-state index in [4.69, 9.17) is 42.1 Å². The lowest BCUT2D eigenvalue weighted by molar-refractivity contribution is -0.133. The number of fused-ring (bicyclic) bond motifs is 2. The fourth-order valence-corrected chi connectivity index (χ4v) is 8.37. The molecular formula is C37H44Cl4N4O8. The van der Waals surface area contributed by atoms with E-state index in [0.29, 0.717) is 36.8 Å². The number of rotatable bonds is 9. The molecule has 0 aromatic heterocycles. The molecule has 6 rings (SSSR count). The molecule has 12 nitrogen and oxygen atoms in total. The number of Topliss-reactive ketones (excluding diaryl/α,β-unsaturated/α-hetero) is 1. The monoisotopic (exact) mass is 812 g/mol.